The van der Waals surface area contributed by atoms with Gasteiger partial charge in [-0.3, -0.25) is 0 Å². The van der Waals surface area contributed by atoms with Crippen molar-refractivity contribution in [3.63, 3.8) is 0 Å². The van der Waals surface area contributed by atoms with E-state index in [4.69, 9.17) is 6.15 Å². The van der Waals surface area contributed by atoms with E-state index in [1.165, 1.54) is 90.9 Å². The second kappa shape index (κ2) is 26.0. The summed E-state index contributed by atoms with van der Waals surface area (Å²) in [6.07, 6.45) is 21.8. The van der Waals surface area contributed by atoms with Gasteiger partial charge in [-0.2, -0.15) is 0 Å². The molecule has 39 heavy (non-hydrogen) atoms. The number of ketones is 2. The zero-order chi connectivity index (χ0) is 29.2. The third-order valence-corrected chi connectivity index (χ3v) is 16.5. The average molecular weight is 660 g/mol. The molecule has 228 valence electrons. The van der Waals surface area contributed by atoms with E-state index in [1.807, 2.05) is 0 Å². The molecular formula is C32H60O6Sn. The van der Waals surface area contributed by atoms with Crippen LogP contribution in [0.5, 0.6) is 0 Å². The molecule has 7 heteroatoms. The molecule has 0 aromatic carbocycles. The molecule has 0 radical (unpaired) electrons. The maximum atomic E-state index is 12.8. The standard InChI is InChI=1S/2C12H24O2.2C4H7O.Sn/c2*1-2-3-4-5-6-7-8-9-10-11-12(13)14;2*1-3-4(2)5;/h2*2-11H2,1H3,(H,13,14);2*1,3H2,2H3;/q;;;;+2/p-2. The number of unbranched alkanes of at least 4 members (excludes halogenated alkanes) is 16. The maximum absolute atomic E-state index is 12.8. The molecule has 0 bridgehead atoms. The van der Waals surface area contributed by atoms with Crippen molar-refractivity contribution in [2.75, 3.05) is 0 Å². The summed E-state index contributed by atoms with van der Waals surface area (Å²) in [4.78, 5) is 49.3. The smallest absolute Gasteiger partial charge is 0.0654 e. The second-order valence-corrected chi connectivity index (χ2v) is 20.6. The van der Waals surface area contributed by atoms with Gasteiger partial charge in [0.2, 0.25) is 0 Å². The molecule has 6 nitrogen and oxygen atoms in total. The van der Waals surface area contributed by atoms with Crippen LogP contribution in [0.15, 0.2) is 0 Å². The predicted molar refractivity (Wildman–Crippen MR) is 162 cm³/mol. The zero-order valence-corrected chi connectivity index (χ0v) is 28.8. The summed E-state index contributed by atoms with van der Waals surface area (Å²) in [7, 11) is 0. The quantitative estimate of drug-likeness (QED) is 0.0615. The van der Waals surface area contributed by atoms with Gasteiger partial charge in [0.25, 0.3) is 0 Å². The Kier molecular flexibility index (Phi) is 25.4. The third-order valence-electron chi connectivity index (χ3n) is 7.28. The summed E-state index contributed by atoms with van der Waals surface area (Å²) in [6.45, 7) is 7.43. The monoisotopic (exact) mass is 660 g/mol. The molecule has 0 amide bonds. The molecule has 0 unspecified atom stereocenters. The van der Waals surface area contributed by atoms with E-state index in [1.54, 1.807) is 0 Å². The molecule has 0 fully saturated rings. The number of rotatable bonds is 28. The number of carbonyl (C=O) groups is 4. The normalized spacial score (nSPS) is 11.4. The van der Waals surface area contributed by atoms with Crippen molar-refractivity contribution in [1.82, 2.24) is 0 Å². The first kappa shape index (κ1) is 38.1. The van der Waals surface area contributed by atoms with Gasteiger partial charge in [-0.05, 0) is 0 Å². The number of carbonyl (C=O) groups excluding carboxylic acids is 4. The van der Waals surface area contributed by atoms with Crippen molar-refractivity contribution >= 4 is 42.7 Å². The Morgan fingerprint density at radius 1 is 0.436 bits per heavy atom. The van der Waals surface area contributed by atoms with Crippen LogP contribution in [0.1, 0.15) is 169 Å². The Bertz CT molecular complexity index is 607. The van der Waals surface area contributed by atoms with E-state index in [0.717, 1.165) is 38.5 Å². The SMILES string of the molecule is CCCCCCCCCCCC(=O)[O][Sn]([CH2]CC(C)=O)([CH2]CC(C)=O)[O]C(=O)CCCCCCCCCCC. The van der Waals surface area contributed by atoms with Crippen molar-refractivity contribution in [3.8, 4) is 0 Å². The first-order chi connectivity index (χ1) is 18.7. The van der Waals surface area contributed by atoms with Crippen molar-refractivity contribution in [3.05, 3.63) is 0 Å². The van der Waals surface area contributed by atoms with Crippen LogP contribution in [0, 0.1) is 0 Å². The minimum atomic E-state index is -4.31. The van der Waals surface area contributed by atoms with Crippen molar-refractivity contribution in [1.29, 1.82) is 0 Å². The van der Waals surface area contributed by atoms with Crippen molar-refractivity contribution in [2.24, 2.45) is 0 Å². The van der Waals surface area contributed by atoms with Gasteiger partial charge in [0, 0.05) is 0 Å². The predicted octanol–water partition coefficient (Wildman–Crippen LogP) is 9.32. The fourth-order valence-corrected chi connectivity index (χ4v) is 13.9. The summed E-state index contributed by atoms with van der Waals surface area (Å²) in [5, 5.41) is 0. The molecule has 0 spiro atoms. The molecule has 0 aliphatic heterocycles. The molecule has 0 aliphatic carbocycles. The summed E-state index contributed by atoms with van der Waals surface area (Å²) >= 11 is -4.31. The third kappa shape index (κ3) is 24.6. The Hall–Kier alpha value is -0.921. The molecule has 0 saturated carbocycles. The van der Waals surface area contributed by atoms with Gasteiger partial charge in [-0.15, -0.1) is 0 Å². The Morgan fingerprint density at radius 2 is 0.718 bits per heavy atom. The second-order valence-electron chi connectivity index (χ2n) is 11.4. The molecule has 0 aromatic heterocycles. The minimum absolute atomic E-state index is 0.0242. The van der Waals surface area contributed by atoms with Gasteiger partial charge in [-0.25, -0.2) is 0 Å². The van der Waals surface area contributed by atoms with E-state index in [0.29, 0.717) is 21.7 Å². The summed E-state index contributed by atoms with van der Waals surface area (Å²) in [6, 6.07) is 0. The average Bonchev–Trinajstić information content (AvgIpc) is 2.89. The van der Waals surface area contributed by atoms with E-state index in [-0.39, 0.29) is 36.3 Å². The van der Waals surface area contributed by atoms with Crippen LogP contribution in [0.3, 0.4) is 0 Å². The fraction of sp³-hybridized carbons (Fsp3) is 0.875. The van der Waals surface area contributed by atoms with E-state index < -0.39 is 19.2 Å². The minimum Gasteiger partial charge on any atom is -0.0654 e. The molecular weight excluding hydrogens is 599 g/mol. The number of hydrogen-bond acceptors (Lipinski definition) is 6. The summed E-state index contributed by atoms with van der Waals surface area (Å²) in [5.74, 6) is -0.721. The topological polar surface area (TPSA) is 86.7 Å². The van der Waals surface area contributed by atoms with Crippen molar-refractivity contribution in [2.45, 2.75) is 178 Å². The van der Waals surface area contributed by atoms with Crippen molar-refractivity contribution < 1.29 is 25.3 Å². The van der Waals surface area contributed by atoms with Crippen LogP contribution in [0.4, 0.5) is 0 Å². The van der Waals surface area contributed by atoms with Gasteiger partial charge in [0.15, 0.2) is 0 Å². The molecule has 0 aliphatic rings. The van der Waals surface area contributed by atoms with Gasteiger partial charge >= 0.3 is 232 Å². The first-order valence-corrected chi connectivity index (χ1v) is 22.5. The molecule has 0 atom stereocenters. The molecule has 0 rings (SSSR count). The molecule has 0 heterocycles. The summed E-state index contributed by atoms with van der Waals surface area (Å²) < 4.78 is 12.6. The van der Waals surface area contributed by atoms with Crippen LogP contribution in [0.25, 0.3) is 0 Å². The van der Waals surface area contributed by atoms with Crippen LogP contribution in [-0.2, 0) is 25.3 Å². The zero-order valence-electron chi connectivity index (χ0n) is 25.9. The Balaban J connectivity index is 4.76. The first-order valence-electron chi connectivity index (χ1n) is 16.2. The van der Waals surface area contributed by atoms with Crippen LogP contribution in [0.2, 0.25) is 8.87 Å². The van der Waals surface area contributed by atoms with Gasteiger partial charge in [0.05, 0.1) is 0 Å². The van der Waals surface area contributed by atoms with E-state index >= 15 is 0 Å². The number of Topliss-reactive ketones (excluding diaryl/α,β-unsaturated/α-hetero) is 2. The van der Waals surface area contributed by atoms with Gasteiger partial charge in [-0.1, -0.05) is 13.8 Å². The summed E-state index contributed by atoms with van der Waals surface area (Å²) in [5.41, 5.74) is 0. The van der Waals surface area contributed by atoms with E-state index in [9.17, 15) is 19.2 Å². The molecule has 0 saturated heterocycles. The van der Waals surface area contributed by atoms with E-state index in [2.05, 4.69) is 13.8 Å². The van der Waals surface area contributed by atoms with Crippen LogP contribution >= 0.6 is 0 Å². The van der Waals surface area contributed by atoms with Gasteiger partial charge < -0.3 is 0 Å². The molecule has 0 aromatic rings. The number of hydrogen-bond donors (Lipinski definition) is 0. The van der Waals surface area contributed by atoms with Gasteiger partial charge in [0.1, 0.15) is 0 Å². The molecule has 0 N–H and O–H groups in total. The Labute approximate surface area is 245 Å². The fourth-order valence-electron chi connectivity index (χ4n) is 4.76. The van der Waals surface area contributed by atoms with Crippen LogP contribution in [-0.4, -0.2) is 42.7 Å². The van der Waals surface area contributed by atoms with Crippen LogP contribution < -0.4 is 0 Å². The Morgan fingerprint density at radius 3 is 1.00 bits per heavy atom.